The van der Waals surface area contributed by atoms with Crippen LogP contribution in [0.5, 0.6) is 0 Å². The lowest BCUT2D eigenvalue weighted by Gasteiger charge is -2.22. The molecule has 3 aromatic heterocycles. The average molecular weight is 399 g/mol. The second-order valence-electron chi connectivity index (χ2n) is 7.41. The van der Waals surface area contributed by atoms with Crippen LogP contribution in [0.1, 0.15) is 13.3 Å². The number of halogens is 2. The minimum absolute atomic E-state index is 0.126. The van der Waals surface area contributed by atoms with Crippen LogP contribution in [0.4, 0.5) is 15.9 Å². The summed E-state index contributed by atoms with van der Waals surface area (Å²) in [6, 6.07) is 5.78. The van der Waals surface area contributed by atoms with Crippen LogP contribution in [0.15, 0.2) is 30.6 Å². The molecule has 1 saturated heterocycles. The zero-order chi connectivity index (χ0) is 19.4. The third-order valence-electron chi connectivity index (χ3n) is 5.51. The van der Waals surface area contributed by atoms with Crippen LogP contribution in [0.2, 0.25) is 5.02 Å². The van der Waals surface area contributed by atoms with E-state index >= 15 is 4.39 Å². The van der Waals surface area contributed by atoms with Crippen molar-refractivity contribution in [1.82, 2.24) is 19.8 Å². The van der Waals surface area contributed by atoms with Crippen molar-refractivity contribution >= 4 is 39.5 Å². The monoisotopic (exact) mass is 398 g/mol. The van der Waals surface area contributed by atoms with E-state index in [0.29, 0.717) is 22.7 Å². The maximum absolute atomic E-state index is 15.5. The second-order valence-corrected chi connectivity index (χ2v) is 7.79. The number of benzene rings is 1. The lowest BCUT2D eigenvalue weighted by atomic mass is 10.0. The van der Waals surface area contributed by atoms with E-state index in [0.717, 1.165) is 41.8 Å². The molecule has 5 rings (SSSR count). The van der Waals surface area contributed by atoms with Gasteiger partial charge in [-0.05, 0) is 30.0 Å². The molecule has 0 saturated carbocycles. The zero-order valence-electron chi connectivity index (χ0n) is 15.6. The van der Waals surface area contributed by atoms with Gasteiger partial charge < -0.3 is 10.2 Å². The molecule has 1 atom stereocenters. The standard InChI is InChI=1S/C20H20ClFN6/c1-11-3-5-27(10-11)20-18(22)17(21)16(14-9-24-25-19(14)20)12-4-6-28-13(7-12)8-15(23-2)26-28/h4,6-9,11H,3,5,10H2,1-2H3,(H,23,26)(H,24,25). The first kappa shape index (κ1) is 17.3. The predicted octanol–water partition coefficient (Wildman–Crippen LogP) is 4.56. The van der Waals surface area contributed by atoms with Gasteiger partial charge in [-0.2, -0.15) is 10.2 Å². The van der Waals surface area contributed by atoms with Crippen molar-refractivity contribution in [2.45, 2.75) is 13.3 Å². The van der Waals surface area contributed by atoms with Crippen LogP contribution in [0.3, 0.4) is 0 Å². The Bertz CT molecular complexity index is 1200. The van der Waals surface area contributed by atoms with Crippen molar-refractivity contribution in [1.29, 1.82) is 0 Å². The minimum atomic E-state index is -0.396. The van der Waals surface area contributed by atoms with Crippen LogP contribution >= 0.6 is 11.6 Å². The van der Waals surface area contributed by atoms with Crippen molar-refractivity contribution in [2.75, 3.05) is 30.4 Å². The first-order valence-electron chi connectivity index (χ1n) is 9.33. The molecule has 28 heavy (non-hydrogen) atoms. The number of nitrogens with one attached hydrogen (secondary N) is 2. The molecule has 1 aliphatic heterocycles. The Hall–Kier alpha value is -2.80. The summed E-state index contributed by atoms with van der Waals surface area (Å²) in [6.45, 7) is 3.81. The summed E-state index contributed by atoms with van der Waals surface area (Å²) in [5.74, 6) is 0.898. The maximum Gasteiger partial charge on any atom is 0.167 e. The van der Waals surface area contributed by atoms with Gasteiger partial charge in [0.1, 0.15) is 11.5 Å². The molecule has 1 fully saturated rings. The Morgan fingerprint density at radius 3 is 2.96 bits per heavy atom. The highest BCUT2D eigenvalue weighted by molar-refractivity contribution is 6.36. The average Bonchev–Trinajstić information content (AvgIpc) is 3.41. The van der Waals surface area contributed by atoms with E-state index in [1.165, 1.54) is 0 Å². The highest BCUT2D eigenvalue weighted by Gasteiger charge is 2.28. The summed E-state index contributed by atoms with van der Waals surface area (Å²) in [5.41, 5.74) is 3.58. The number of rotatable bonds is 3. The van der Waals surface area contributed by atoms with E-state index in [1.807, 2.05) is 31.4 Å². The molecule has 0 bridgehead atoms. The van der Waals surface area contributed by atoms with E-state index < -0.39 is 5.82 Å². The number of aromatic amines is 1. The third-order valence-corrected chi connectivity index (χ3v) is 5.87. The van der Waals surface area contributed by atoms with Crippen LogP contribution < -0.4 is 10.2 Å². The Morgan fingerprint density at radius 1 is 1.36 bits per heavy atom. The molecule has 6 nitrogen and oxygen atoms in total. The fraction of sp³-hybridized carbons (Fsp3) is 0.300. The molecular weight excluding hydrogens is 379 g/mol. The van der Waals surface area contributed by atoms with E-state index in [-0.39, 0.29) is 5.02 Å². The van der Waals surface area contributed by atoms with Crippen LogP contribution in [0, 0.1) is 11.7 Å². The third kappa shape index (κ3) is 2.53. The highest BCUT2D eigenvalue weighted by Crippen LogP contribution is 2.43. The van der Waals surface area contributed by atoms with Gasteiger partial charge in [-0.25, -0.2) is 8.91 Å². The molecule has 1 aliphatic rings. The Morgan fingerprint density at radius 2 is 2.21 bits per heavy atom. The van der Waals surface area contributed by atoms with Gasteiger partial charge in [0.25, 0.3) is 0 Å². The number of H-pyrrole nitrogens is 1. The normalized spacial score (nSPS) is 17.1. The number of anilines is 2. The largest absolute Gasteiger partial charge is 0.372 e. The van der Waals surface area contributed by atoms with Crippen LogP contribution in [-0.4, -0.2) is 39.9 Å². The summed E-state index contributed by atoms with van der Waals surface area (Å²) in [6.07, 6.45) is 4.61. The molecule has 0 radical (unpaired) electrons. The fourth-order valence-electron chi connectivity index (χ4n) is 4.09. The van der Waals surface area contributed by atoms with Gasteiger partial charge in [-0.15, -0.1) is 0 Å². The second kappa shape index (κ2) is 6.38. The Balaban J connectivity index is 1.72. The van der Waals surface area contributed by atoms with E-state index in [4.69, 9.17) is 11.6 Å². The lowest BCUT2D eigenvalue weighted by molar-refractivity contribution is 0.622. The smallest absolute Gasteiger partial charge is 0.167 e. The molecule has 4 aromatic rings. The van der Waals surface area contributed by atoms with Gasteiger partial charge in [-0.3, -0.25) is 5.10 Å². The van der Waals surface area contributed by atoms with Gasteiger partial charge in [0.05, 0.1) is 22.3 Å². The van der Waals surface area contributed by atoms with Crippen molar-refractivity contribution in [2.24, 2.45) is 5.92 Å². The quantitative estimate of drug-likeness (QED) is 0.531. The molecule has 1 unspecified atom stereocenters. The summed E-state index contributed by atoms with van der Waals surface area (Å²) in [4.78, 5) is 2.07. The van der Waals surface area contributed by atoms with E-state index in [9.17, 15) is 0 Å². The van der Waals surface area contributed by atoms with E-state index in [1.54, 1.807) is 10.7 Å². The minimum Gasteiger partial charge on any atom is -0.372 e. The summed E-state index contributed by atoms with van der Waals surface area (Å²) >= 11 is 6.59. The highest BCUT2D eigenvalue weighted by atomic mass is 35.5. The first-order valence-corrected chi connectivity index (χ1v) is 9.71. The molecular formula is C20H20ClFN6. The number of aromatic nitrogens is 4. The summed E-state index contributed by atoms with van der Waals surface area (Å²) in [7, 11) is 1.82. The maximum atomic E-state index is 15.5. The van der Waals surface area contributed by atoms with Crippen LogP contribution in [-0.2, 0) is 0 Å². The van der Waals surface area contributed by atoms with Crippen molar-refractivity contribution in [3.05, 3.63) is 41.4 Å². The molecule has 0 amide bonds. The summed E-state index contributed by atoms with van der Waals surface area (Å²) < 4.78 is 17.2. The topological polar surface area (TPSA) is 61.2 Å². The van der Waals surface area contributed by atoms with Crippen molar-refractivity contribution in [3.8, 4) is 11.1 Å². The van der Waals surface area contributed by atoms with Crippen LogP contribution in [0.25, 0.3) is 27.5 Å². The van der Waals surface area contributed by atoms with Gasteiger partial charge in [0, 0.05) is 43.4 Å². The number of fused-ring (bicyclic) bond motifs is 2. The Kier molecular flexibility index (Phi) is 3.94. The van der Waals surface area contributed by atoms with Gasteiger partial charge in [0.2, 0.25) is 0 Å². The predicted molar refractivity (Wildman–Crippen MR) is 111 cm³/mol. The molecule has 0 spiro atoms. The molecule has 1 aromatic carbocycles. The molecule has 2 N–H and O–H groups in total. The number of pyridine rings is 1. The van der Waals surface area contributed by atoms with Crippen molar-refractivity contribution in [3.63, 3.8) is 0 Å². The molecule has 4 heterocycles. The molecule has 0 aliphatic carbocycles. The molecule has 144 valence electrons. The lowest BCUT2D eigenvalue weighted by Crippen LogP contribution is -2.21. The van der Waals surface area contributed by atoms with Crippen molar-refractivity contribution < 1.29 is 4.39 Å². The SMILES string of the molecule is CNc1cc2cc(-c3c(Cl)c(F)c(N4CCC(C)C4)c4[nH]ncc34)ccn2n1. The van der Waals surface area contributed by atoms with Gasteiger partial charge in [0.15, 0.2) is 5.82 Å². The first-order chi connectivity index (χ1) is 13.6. The van der Waals surface area contributed by atoms with Gasteiger partial charge >= 0.3 is 0 Å². The number of hydrogen-bond acceptors (Lipinski definition) is 4. The van der Waals surface area contributed by atoms with Gasteiger partial charge in [-0.1, -0.05) is 18.5 Å². The molecule has 8 heteroatoms. The summed E-state index contributed by atoms with van der Waals surface area (Å²) in [5, 5.41) is 15.6. The fourth-order valence-corrected chi connectivity index (χ4v) is 4.39. The Labute approximate surface area is 166 Å². The number of nitrogens with zero attached hydrogens (tertiary/aromatic N) is 4. The zero-order valence-corrected chi connectivity index (χ0v) is 16.4. The van der Waals surface area contributed by atoms with E-state index in [2.05, 4.69) is 32.4 Å². The number of hydrogen-bond donors (Lipinski definition) is 2.